The van der Waals surface area contributed by atoms with Gasteiger partial charge in [0.05, 0.1) is 0 Å². The van der Waals surface area contributed by atoms with Crippen molar-refractivity contribution in [2.45, 2.75) is 6.42 Å². The summed E-state index contributed by atoms with van der Waals surface area (Å²) in [4.78, 5) is 3.14. The summed E-state index contributed by atoms with van der Waals surface area (Å²) in [6.07, 6.45) is 2.48. The summed E-state index contributed by atoms with van der Waals surface area (Å²) in [7, 11) is -0.378. The van der Waals surface area contributed by atoms with Crippen LogP contribution >= 0.6 is 11.6 Å². The fraction of sp³-hybridized carbons (Fsp3) is 0.333. The quantitative estimate of drug-likeness (QED) is 0.884. The maximum absolute atomic E-state index is 11.6. The third kappa shape index (κ3) is 3.27. The van der Waals surface area contributed by atoms with Crippen LogP contribution in [0.2, 0.25) is 5.02 Å². The predicted molar refractivity (Wildman–Crippen MR) is 77.6 cm³/mol. The number of nitrogens with zero attached hydrogens (tertiary/aromatic N) is 1. The van der Waals surface area contributed by atoms with Gasteiger partial charge in [-0.05, 0) is 30.2 Å². The van der Waals surface area contributed by atoms with E-state index in [0.29, 0.717) is 18.0 Å². The van der Waals surface area contributed by atoms with Gasteiger partial charge in [-0.15, -0.1) is 0 Å². The van der Waals surface area contributed by atoms with Crippen LogP contribution < -0.4 is 4.72 Å². The first kappa shape index (κ1) is 14.3. The Balaban J connectivity index is 2.09. The lowest BCUT2D eigenvalue weighted by Crippen LogP contribution is -2.36. The third-order valence-electron chi connectivity index (χ3n) is 2.89. The molecule has 1 aromatic heterocycles. The van der Waals surface area contributed by atoms with Gasteiger partial charge >= 0.3 is 0 Å². The summed E-state index contributed by atoms with van der Waals surface area (Å²) in [5.74, 6) is 0. The molecule has 0 radical (unpaired) electrons. The summed E-state index contributed by atoms with van der Waals surface area (Å²) >= 11 is 5.96. The van der Waals surface area contributed by atoms with Gasteiger partial charge in [-0.2, -0.15) is 12.7 Å². The largest absolute Gasteiger partial charge is 0.361 e. The van der Waals surface area contributed by atoms with Gasteiger partial charge in [-0.3, -0.25) is 0 Å². The highest BCUT2D eigenvalue weighted by Gasteiger charge is 2.12. The number of H-pyrrole nitrogens is 1. The summed E-state index contributed by atoms with van der Waals surface area (Å²) in [5, 5.41) is 1.69. The van der Waals surface area contributed by atoms with Crippen LogP contribution in [0.15, 0.2) is 24.4 Å². The molecule has 0 aliphatic heterocycles. The zero-order valence-electron chi connectivity index (χ0n) is 10.8. The van der Waals surface area contributed by atoms with Crippen molar-refractivity contribution in [2.75, 3.05) is 20.6 Å². The number of hydrogen-bond acceptors (Lipinski definition) is 2. The molecule has 2 aromatic rings. The molecule has 5 nitrogen and oxygen atoms in total. The number of hydrogen-bond donors (Lipinski definition) is 2. The second-order valence-electron chi connectivity index (χ2n) is 4.44. The molecular weight excluding hydrogens is 286 g/mol. The van der Waals surface area contributed by atoms with E-state index in [1.807, 2.05) is 24.4 Å². The summed E-state index contributed by atoms with van der Waals surface area (Å²) in [6, 6.07) is 5.60. The van der Waals surface area contributed by atoms with Gasteiger partial charge in [0.25, 0.3) is 10.2 Å². The van der Waals surface area contributed by atoms with E-state index < -0.39 is 10.2 Å². The van der Waals surface area contributed by atoms with E-state index in [2.05, 4.69) is 9.71 Å². The van der Waals surface area contributed by atoms with Crippen LogP contribution in [0, 0.1) is 0 Å². The van der Waals surface area contributed by atoms with Gasteiger partial charge < -0.3 is 4.98 Å². The molecule has 0 aliphatic rings. The van der Waals surface area contributed by atoms with Crippen LogP contribution in [0.5, 0.6) is 0 Å². The normalized spacial score (nSPS) is 12.4. The Morgan fingerprint density at radius 1 is 1.37 bits per heavy atom. The maximum Gasteiger partial charge on any atom is 0.278 e. The first-order valence-electron chi connectivity index (χ1n) is 5.83. The van der Waals surface area contributed by atoms with Crippen LogP contribution in [-0.4, -0.2) is 38.3 Å². The molecule has 0 fully saturated rings. The maximum atomic E-state index is 11.6. The molecule has 0 amide bonds. The van der Waals surface area contributed by atoms with Gasteiger partial charge in [-0.1, -0.05) is 11.6 Å². The van der Waals surface area contributed by atoms with Crippen molar-refractivity contribution in [2.24, 2.45) is 0 Å². The second kappa shape index (κ2) is 5.50. The average molecular weight is 302 g/mol. The molecule has 0 unspecified atom stereocenters. The Labute approximate surface area is 117 Å². The van der Waals surface area contributed by atoms with Crippen molar-refractivity contribution in [3.8, 4) is 0 Å². The van der Waals surface area contributed by atoms with Gasteiger partial charge in [0.2, 0.25) is 0 Å². The minimum atomic E-state index is -3.37. The smallest absolute Gasteiger partial charge is 0.278 e. The van der Waals surface area contributed by atoms with Crippen LogP contribution in [0.25, 0.3) is 10.9 Å². The van der Waals surface area contributed by atoms with E-state index in [4.69, 9.17) is 11.6 Å². The number of halogens is 1. The second-order valence-corrected chi connectivity index (χ2v) is 6.84. The van der Waals surface area contributed by atoms with Crippen molar-refractivity contribution in [3.05, 3.63) is 35.0 Å². The fourth-order valence-corrected chi connectivity index (χ4v) is 2.59. The molecule has 2 rings (SSSR count). The SMILES string of the molecule is CN(C)S(=O)(=O)NCCc1c[nH]c2ccc(Cl)cc12. The number of nitrogens with one attached hydrogen (secondary N) is 2. The predicted octanol–water partition coefficient (Wildman–Crippen LogP) is 1.76. The number of fused-ring (bicyclic) bond motifs is 1. The van der Waals surface area contributed by atoms with Crippen LogP contribution in [-0.2, 0) is 16.6 Å². The Hall–Kier alpha value is -1.08. The molecule has 7 heteroatoms. The van der Waals surface area contributed by atoms with Crippen molar-refractivity contribution >= 4 is 32.7 Å². The van der Waals surface area contributed by atoms with Crippen molar-refractivity contribution in [1.82, 2.24) is 14.0 Å². The highest BCUT2D eigenvalue weighted by atomic mass is 35.5. The van der Waals surface area contributed by atoms with E-state index in [0.717, 1.165) is 20.8 Å². The summed E-state index contributed by atoms with van der Waals surface area (Å²) in [6.45, 7) is 0.347. The average Bonchev–Trinajstić information content (AvgIpc) is 2.71. The number of aromatic amines is 1. The van der Waals surface area contributed by atoms with E-state index in [-0.39, 0.29) is 0 Å². The third-order valence-corrected chi connectivity index (χ3v) is 4.65. The molecule has 2 N–H and O–H groups in total. The van der Waals surface area contributed by atoms with Gasteiger partial charge in [0, 0.05) is 42.8 Å². The molecule has 0 atom stereocenters. The van der Waals surface area contributed by atoms with E-state index in [1.165, 1.54) is 14.1 Å². The highest BCUT2D eigenvalue weighted by molar-refractivity contribution is 7.87. The number of benzene rings is 1. The standard InChI is InChI=1S/C12H16ClN3O2S/c1-16(2)19(17,18)15-6-5-9-8-14-12-4-3-10(13)7-11(9)12/h3-4,7-8,14-15H,5-6H2,1-2H3. The molecule has 0 aliphatic carbocycles. The molecule has 0 spiro atoms. The van der Waals surface area contributed by atoms with Gasteiger partial charge in [-0.25, -0.2) is 4.72 Å². The molecule has 19 heavy (non-hydrogen) atoms. The molecule has 1 heterocycles. The van der Waals surface area contributed by atoms with Crippen molar-refractivity contribution in [3.63, 3.8) is 0 Å². The lowest BCUT2D eigenvalue weighted by molar-refractivity contribution is 0.506. The minimum Gasteiger partial charge on any atom is -0.361 e. The topological polar surface area (TPSA) is 65.2 Å². The molecule has 0 saturated carbocycles. The van der Waals surface area contributed by atoms with Gasteiger partial charge in [0.15, 0.2) is 0 Å². The molecule has 0 bridgehead atoms. The van der Waals surface area contributed by atoms with Crippen molar-refractivity contribution < 1.29 is 8.42 Å². The Morgan fingerprint density at radius 2 is 2.11 bits per heavy atom. The Morgan fingerprint density at radius 3 is 2.79 bits per heavy atom. The first-order valence-corrected chi connectivity index (χ1v) is 7.64. The highest BCUT2D eigenvalue weighted by Crippen LogP contribution is 2.22. The Kier molecular flexibility index (Phi) is 4.15. The first-order chi connectivity index (χ1) is 8.90. The van der Waals surface area contributed by atoms with Crippen LogP contribution in [0.3, 0.4) is 0 Å². The van der Waals surface area contributed by atoms with Crippen LogP contribution in [0.1, 0.15) is 5.56 Å². The van der Waals surface area contributed by atoms with E-state index >= 15 is 0 Å². The molecule has 104 valence electrons. The number of rotatable bonds is 5. The van der Waals surface area contributed by atoms with Crippen LogP contribution in [0.4, 0.5) is 0 Å². The lowest BCUT2D eigenvalue weighted by Gasteiger charge is -2.11. The van der Waals surface area contributed by atoms with E-state index in [1.54, 1.807) is 0 Å². The lowest BCUT2D eigenvalue weighted by atomic mass is 10.1. The zero-order chi connectivity index (χ0) is 14.0. The fourth-order valence-electron chi connectivity index (χ4n) is 1.80. The number of aromatic nitrogens is 1. The molecular formula is C12H16ClN3O2S. The van der Waals surface area contributed by atoms with Crippen molar-refractivity contribution in [1.29, 1.82) is 0 Å². The van der Waals surface area contributed by atoms with E-state index in [9.17, 15) is 8.42 Å². The molecule has 0 saturated heterocycles. The Bertz CT molecular complexity index is 679. The summed E-state index contributed by atoms with van der Waals surface area (Å²) in [5.41, 5.74) is 2.04. The monoisotopic (exact) mass is 301 g/mol. The van der Waals surface area contributed by atoms with Gasteiger partial charge in [0.1, 0.15) is 0 Å². The molecule has 1 aromatic carbocycles. The minimum absolute atomic E-state index is 0.347. The summed E-state index contributed by atoms with van der Waals surface area (Å²) < 4.78 is 26.8. The zero-order valence-corrected chi connectivity index (χ0v) is 12.3.